The minimum atomic E-state index is -1.20. The molecule has 24 nitrogen and oxygen atoms in total. The smallest absolute Gasteiger partial charge is 1.00 e. The first-order valence-corrected chi connectivity index (χ1v) is 56.7. The maximum absolute atomic E-state index is 12.4. The molecule has 0 aliphatic heterocycles. The van der Waals surface area contributed by atoms with Gasteiger partial charge in [0.1, 0.15) is 86.6 Å². The SMILES string of the molecule is BrB(Br)Br.C.CC(=O)OC1(OC(C)=O)C=C[C@@H]2C[C@H]1C2(C)C.CC(=O)OC1=CC(OC(C)=O)[C@@H]2C[C@H]1C2(C)C.CCC(C)(CC)c1cc(O)c([C@H]2CC(=O)[C@H]3C[C@@H]2C3(C)C)c(O)c1.CCC(C)(CC)c1cc(O)cc(O)c1.CCC(C)(CC)c1cc(OC)cc(OC)c1.CCC(Cl)(CC)c1cc(OC)cc(OC)c1.CCC(O)(CC)c1cc(OC)cc(OC)c1.COC(=O)c1cc(OC)cc(OC)c1.[Br-].[CH2-]C.[CH3][Al]([CH3])[CH3].[Mg+2]. The largest absolute Gasteiger partial charge is 2.00 e. The molecular formula is C115H175AlBBr4ClMgO24. The van der Waals surface area contributed by atoms with Crippen molar-refractivity contribution < 1.29 is 133 Å². The van der Waals surface area contributed by atoms with Gasteiger partial charge in [0.2, 0.25) is 0 Å². The Labute approximate surface area is 942 Å². The van der Waals surface area contributed by atoms with E-state index >= 15 is 0 Å². The third kappa shape index (κ3) is 39.5. The van der Waals surface area contributed by atoms with Crippen LogP contribution in [-0.2, 0) is 74.4 Å². The predicted molar refractivity (Wildman–Crippen MR) is 604 cm³/mol. The fraction of sp³-hybridized carbons (Fsp3) is 0.591. The molecule has 822 valence electrons. The molecule has 5 fully saturated rings. The number of phenolic OH excluding ortho intramolecular Hbond substituents is 4. The quantitative estimate of drug-likeness (QED) is 0.00554. The maximum Gasteiger partial charge on any atom is 2.00 e. The number of ketones is 1. The molecule has 1 unspecified atom stereocenters. The van der Waals surface area contributed by atoms with Gasteiger partial charge in [0.05, 0.1) is 80.0 Å². The van der Waals surface area contributed by atoms with Gasteiger partial charge in [-0.15, -0.1) is 76.2 Å². The topological polar surface area (TPSA) is 324 Å². The Morgan fingerprint density at radius 1 is 0.463 bits per heavy atom. The molecule has 0 amide bonds. The average Bonchev–Trinajstić information content (AvgIpc) is 0.736. The van der Waals surface area contributed by atoms with Gasteiger partial charge in [-0.2, -0.15) is 6.92 Å². The molecule has 0 saturated heterocycles. The van der Waals surface area contributed by atoms with E-state index < -0.39 is 29.3 Å². The van der Waals surface area contributed by atoms with Crippen LogP contribution in [0.4, 0.5) is 0 Å². The van der Waals surface area contributed by atoms with Crippen LogP contribution in [0, 0.1) is 58.7 Å². The molecule has 5 N–H and O–H groups in total. The Kier molecular flexibility index (Phi) is 62.6. The zero-order chi connectivity index (χ0) is 111. The van der Waals surface area contributed by atoms with E-state index in [9.17, 15) is 54.3 Å². The number of esters is 5. The van der Waals surface area contributed by atoms with Crippen molar-refractivity contribution in [2.75, 3.05) is 64.0 Å². The van der Waals surface area contributed by atoms with Crippen molar-refractivity contribution in [1.82, 2.24) is 0 Å². The number of rotatable bonds is 29. The molecule has 6 aromatic carbocycles. The van der Waals surface area contributed by atoms with E-state index in [-0.39, 0.29) is 173 Å². The third-order valence-corrected chi connectivity index (χ3v) is 30.7. The number of carbonyl (C=O) groups is 6. The summed E-state index contributed by atoms with van der Waals surface area (Å²) >= 11 is 15.8. The van der Waals surface area contributed by atoms with Crippen LogP contribution in [0.2, 0.25) is 17.4 Å². The van der Waals surface area contributed by atoms with Gasteiger partial charge >= 0.3 is 56.1 Å². The number of aliphatic hydroxyl groups is 1. The second-order valence-corrected chi connectivity index (χ2v) is 50.8. The van der Waals surface area contributed by atoms with E-state index in [1.54, 1.807) is 98.1 Å². The zero-order valence-corrected chi connectivity index (χ0v) is 104. The second kappa shape index (κ2) is 64.8. The number of fused-ring (bicyclic) bond motifs is 4. The Morgan fingerprint density at radius 2 is 0.789 bits per heavy atom. The van der Waals surface area contributed by atoms with E-state index in [2.05, 4.69) is 206 Å². The first-order chi connectivity index (χ1) is 67.2. The number of carbonyl (C=O) groups excluding carboxylic acids is 6. The summed E-state index contributed by atoms with van der Waals surface area (Å²) in [4.78, 5) is 67.8. The summed E-state index contributed by atoms with van der Waals surface area (Å²) in [6.45, 7) is 50.8. The Balaban J connectivity index is 0. The van der Waals surface area contributed by atoms with Crippen LogP contribution < -0.4 is 54.9 Å². The minimum absolute atomic E-state index is 0. The van der Waals surface area contributed by atoms with Crippen molar-refractivity contribution in [3.05, 3.63) is 173 Å². The van der Waals surface area contributed by atoms with Gasteiger partial charge in [0, 0.05) is 99.6 Å². The Bertz CT molecular complexity index is 4800. The number of hydrogen-bond acceptors (Lipinski definition) is 24. The molecule has 5 saturated carbocycles. The molecule has 15 rings (SSSR count). The summed E-state index contributed by atoms with van der Waals surface area (Å²) in [5, 5.41) is 50.6. The summed E-state index contributed by atoms with van der Waals surface area (Å²) in [5.41, 5.74) is 5.51. The summed E-state index contributed by atoms with van der Waals surface area (Å²) in [5.74, 6) is 12.7. The predicted octanol–water partition coefficient (Wildman–Crippen LogP) is 25.7. The van der Waals surface area contributed by atoms with Crippen LogP contribution in [0.15, 0.2) is 127 Å². The zero-order valence-electron chi connectivity index (χ0n) is 94.0. The Morgan fingerprint density at radius 3 is 1.07 bits per heavy atom. The molecule has 9 aliphatic carbocycles. The van der Waals surface area contributed by atoms with E-state index in [0.29, 0.717) is 76.9 Å². The van der Waals surface area contributed by atoms with Gasteiger partial charge in [0.15, 0.2) is 0 Å². The van der Waals surface area contributed by atoms with E-state index in [1.165, 1.54) is 60.7 Å². The van der Waals surface area contributed by atoms with Gasteiger partial charge in [-0.1, -0.05) is 145 Å². The monoisotopic (exact) mass is 2350 g/mol. The first-order valence-electron chi connectivity index (χ1n) is 50.1. The van der Waals surface area contributed by atoms with Crippen molar-refractivity contribution in [2.24, 2.45) is 51.8 Å². The van der Waals surface area contributed by atoms with Gasteiger partial charge < -0.3 is 111 Å². The molecule has 147 heavy (non-hydrogen) atoms. The average molecular weight is 2360 g/mol. The maximum atomic E-state index is 12.4. The molecule has 0 aromatic heterocycles. The number of benzene rings is 6. The van der Waals surface area contributed by atoms with Crippen molar-refractivity contribution in [1.29, 1.82) is 0 Å². The molecular weight excluding hydrogens is 2180 g/mol. The van der Waals surface area contributed by atoms with Gasteiger partial charge in [-0.3, -0.25) is 24.0 Å². The van der Waals surface area contributed by atoms with Crippen molar-refractivity contribution >= 4 is 135 Å². The van der Waals surface area contributed by atoms with E-state index in [4.69, 9.17) is 68.4 Å². The molecule has 6 aromatic rings. The summed E-state index contributed by atoms with van der Waals surface area (Å²) < 4.78 is 67.4. The fourth-order valence-corrected chi connectivity index (χ4v) is 19.0. The normalized spacial score (nSPS) is 18.2. The van der Waals surface area contributed by atoms with Crippen LogP contribution in [0.1, 0.15) is 313 Å². The first kappa shape index (κ1) is 142. The number of hydrogen-bond donors (Lipinski definition) is 5. The van der Waals surface area contributed by atoms with Crippen LogP contribution in [-0.4, -0.2) is 177 Å². The van der Waals surface area contributed by atoms with Gasteiger partial charge in [0.25, 0.3) is 19.9 Å². The van der Waals surface area contributed by atoms with Crippen molar-refractivity contribution in [3.63, 3.8) is 0 Å². The number of alkyl halides is 1. The second-order valence-electron chi connectivity index (χ2n) is 40.2. The third-order valence-electron chi connectivity index (χ3n) is 30.0. The fourth-order valence-electron chi connectivity index (χ4n) is 18.9. The van der Waals surface area contributed by atoms with Gasteiger partial charge in [-0.05, 0) is 241 Å². The minimum Gasteiger partial charge on any atom is -1.00 e. The van der Waals surface area contributed by atoms with Crippen molar-refractivity contribution in [2.45, 2.75) is 325 Å². The summed E-state index contributed by atoms with van der Waals surface area (Å²) in [7, 11) is 14.3. The summed E-state index contributed by atoms with van der Waals surface area (Å²) in [6, 6.07) is 30.7. The summed E-state index contributed by atoms with van der Waals surface area (Å²) in [6.07, 6.45) is 17.6. The number of ether oxygens (including phenoxy) is 13. The standard InChI is InChI=1S/C21H30O3.C14H22O2.C13H19ClO2.2C13H18O4.C13H20O3.C12H18O2.C10H12O4.C2H5.CH4.3CH3.Al.BBr3.BrH.Mg/c1-6-21(5,7-2)12-8-17(23)19(18(24)9-12)13-10-16(22)15-11-14(13)20(15,3)4;1-6-14(3,7-2)11-8-12(15-4)10-13(9-11)16-5;1-5-13(14,6-2)10-7-11(15-3)9-12(8-10)16-4;1-7(14)16-11-6-12(17-8(2)15)10-5-9(11)13(10,3)4;1-8(14)16-13(17-9(2)15)6-5-10-7-11(13)12(10,3)4;1-5-13(14,6-2)10-7-11(15-3)9-12(8-10)16-4;1-4-12(3,5-2)9-6-10(13)8-11(14)7-9;1-12-8-4-7(10(11)14-3)5-9(6-8)13-2;1-2;;;;;;2-1(3)4;;/h8-9,13-15,23-24H,6-7,10-11H2,1-5H3;8-10H,6-7H2,1-5H3;7-9H,5-6H2,1-4H3;6,9-11H,5H2,1-4H3;5-6,10-11H,7H2,1-4H3;7-9,14H,5-6H2,1-4H3;6-8,13-14H,4-5H2,1-3H3;4-6H,1-3H3;1H2,2H3;1H4;3*1H3;;;1H;/q;;;;;;;;-1;;;;;;;;+2/p-1/t13-,14-,15+;;;9-,10+,11?;10-,11+;;;;;;;;;;;;/m0..01............/s1. The van der Waals surface area contributed by atoms with Crippen LogP contribution in [0.25, 0.3) is 0 Å². The molecule has 8 atom stereocenters. The number of aromatic hydroxyl groups is 4. The number of methoxy groups -OCH3 is 9. The van der Waals surface area contributed by atoms with Crippen LogP contribution >= 0.6 is 58.9 Å². The molecule has 32 heteroatoms. The van der Waals surface area contributed by atoms with Gasteiger partial charge in [-0.25, -0.2) is 4.79 Å². The number of halogens is 5. The van der Waals surface area contributed by atoms with Crippen LogP contribution in [0.5, 0.6) is 69.0 Å². The molecule has 0 heterocycles. The molecule has 9 aliphatic rings. The van der Waals surface area contributed by atoms with Crippen LogP contribution in [0.3, 0.4) is 0 Å². The van der Waals surface area contributed by atoms with E-state index in [0.717, 1.165) is 116 Å². The Hall–Kier alpha value is -7.05. The molecule has 0 spiro atoms. The number of phenols is 4. The molecule has 6 bridgehead atoms. The molecule has 0 radical (unpaired) electrons. The van der Waals surface area contributed by atoms with Crippen molar-refractivity contribution in [3.8, 4) is 69.0 Å². The van der Waals surface area contributed by atoms with E-state index in [1.807, 2.05) is 68.5 Å². The number of Topliss-reactive ketones (excluding diaryl/α,β-unsaturated/α-hetero) is 1. The number of allylic oxidation sites excluding steroid dienone is 2.